The van der Waals surface area contributed by atoms with Crippen molar-refractivity contribution < 1.29 is 0 Å². The minimum atomic E-state index is 0.201. The van der Waals surface area contributed by atoms with Crippen LogP contribution < -0.4 is 0 Å². The molecule has 3 heteroatoms. The molecule has 0 N–H and O–H groups in total. The topological polar surface area (TPSA) is 17.8 Å². The summed E-state index contributed by atoms with van der Waals surface area (Å²) in [6.45, 7) is 7.54. The van der Waals surface area contributed by atoms with Crippen molar-refractivity contribution >= 4 is 33.5 Å². The van der Waals surface area contributed by atoms with E-state index in [9.17, 15) is 0 Å². The van der Waals surface area contributed by atoms with Crippen LogP contribution >= 0.6 is 22.6 Å². The average molecular weight is 390 g/mol. The van der Waals surface area contributed by atoms with Crippen molar-refractivity contribution in [2.75, 3.05) is 0 Å². The SMILES string of the molecule is CC(C)(C)c1ccc(Cn2ncc3ccc(I)cc32)cc1. The average Bonchev–Trinajstić information content (AvgIpc) is 2.81. The molecule has 0 saturated heterocycles. The third-order valence-corrected chi connectivity index (χ3v) is 4.43. The molecule has 2 aromatic carbocycles. The molecule has 0 fully saturated rings. The Kier molecular flexibility index (Phi) is 3.78. The van der Waals surface area contributed by atoms with Gasteiger partial charge in [-0.25, -0.2) is 0 Å². The summed E-state index contributed by atoms with van der Waals surface area (Å²) in [6.07, 6.45) is 1.94. The van der Waals surface area contributed by atoms with Gasteiger partial charge >= 0.3 is 0 Å². The minimum Gasteiger partial charge on any atom is -0.260 e. The van der Waals surface area contributed by atoms with Crippen LogP contribution in [0.4, 0.5) is 0 Å². The maximum absolute atomic E-state index is 4.52. The molecule has 21 heavy (non-hydrogen) atoms. The summed E-state index contributed by atoms with van der Waals surface area (Å²) in [5.74, 6) is 0. The predicted octanol–water partition coefficient (Wildman–Crippen LogP) is 4.99. The van der Waals surface area contributed by atoms with Gasteiger partial charge in [0.05, 0.1) is 18.3 Å². The summed E-state index contributed by atoms with van der Waals surface area (Å²) in [5.41, 5.74) is 4.05. The Bertz CT molecular complexity index is 764. The number of rotatable bonds is 2. The monoisotopic (exact) mass is 390 g/mol. The minimum absolute atomic E-state index is 0.201. The predicted molar refractivity (Wildman–Crippen MR) is 96.7 cm³/mol. The van der Waals surface area contributed by atoms with Gasteiger partial charge in [0.2, 0.25) is 0 Å². The molecular weight excluding hydrogens is 371 g/mol. The first-order valence-corrected chi connectivity index (χ1v) is 8.22. The second-order valence-corrected chi connectivity index (χ2v) is 7.70. The molecule has 0 saturated carbocycles. The Morgan fingerprint density at radius 1 is 1.05 bits per heavy atom. The normalized spacial score (nSPS) is 12.0. The highest BCUT2D eigenvalue weighted by molar-refractivity contribution is 14.1. The van der Waals surface area contributed by atoms with Crippen LogP contribution in [0.1, 0.15) is 31.9 Å². The highest BCUT2D eigenvalue weighted by atomic mass is 127. The van der Waals surface area contributed by atoms with E-state index < -0.39 is 0 Å². The van der Waals surface area contributed by atoms with Crippen molar-refractivity contribution in [2.24, 2.45) is 0 Å². The van der Waals surface area contributed by atoms with Crippen LogP contribution in [0.25, 0.3) is 10.9 Å². The first-order chi connectivity index (χ1) is 9.93. The van der Waals surface area contributed by atoms with Crippen LogP contribution in [0.5, 0.6) is 0 Å². The maximum Gasteiger partial charge on any atom is 0.0696 e. The molecule has 0 atom stereocenters. The standard InChI is InChI=1S/C18H19IN2/c1-18(2,3)15-7-4-13(5-8-15)12-21-17-10-16(19)9-6-14(17)11-20-21/h4-11H,12H2,1-3H3. The summed E-state index contributed by atoms with van der Waals surface area (Å²) >= 11 is 2.35. The molecular formula is C18H19IN2. The van der Waals surface area contributed by atoms with Gasteiger partial charge in [0.1, 0.15) is 0 Å². The highest BCUT2D eigenvalue weighted by Crippen LogP contribution is 2.23. The lowest BCUT2D eigenvalue weighted by atomic mass is 9.87. The molecule has 0 unspecified atom stereocenters. The lowest BCUT2D eigenvalue weighted by Crippen LogP contribution is -2.11. The summed E-state index contributed by atoms with van der Waals surface area (Å²) < 4.78 is 3.31. The number of halogens is 1. The van der Waals surface area contributed by atoms with Gasteiger partial charge in [-0.15, -0.1) is 0 Å². The van der Waals surface area contributed by atoms with E-state index in [1.165, 1.54) is 25.6 Å². The van der Waals surface area contributed by atoms with E-state index in [0.29, 0.717) is 0 Å². The fraction of sp³-hybridized carbons (Fsp3) is 0.278. The van der Waals surface area contributed by atoms with Gasteiger partial charge in [0, 0.05) is 8.96 Å². The molecule has 0 radical (unpaired) electrons. The van der Waals surface area contributed by atoms with Crippen LogP contribution in [0.15, 0.2) is 48.7 Å². The molecule has 108 valence electrons. The largest absolute Gasteiger partial charge is 0.260 e. The molecule has 0 spiro atoms. The fourth-order valence-corrected chi connectivity index (χ4v) is 2.93. The molecule has 0 bridgehead atoms. The van der Waals surface area contributed by atoms with E-state index in [4.69, 9.17) is 0 Å². The van der Waals surface area contributed by atoms with Crippen LogP contribution in [0.3, 0.4) is 0 Å². The van der Waals surface area contributed by atoms with E-state index in [1.54, 1.807) is 0 Å². The van der Waals surface area contributed by atoms with Gasteiger partial charge in [-0.1, -0.05) is 51.1 Å². The lowest BCUT2D eigenvalue weighted by Gasteiger charge is -2.19. The first kappa shape index (κ1) is 14.6. The second-order valence-electron chi connectivity index (χ2n) is 6.45. The van der Waals surface area contributed by atoms with Gasteiger partial charge in [-0.3, -0.25) is 4.68 Å². The molecule has 2 nitrogen and oxygen atoms in total. The van der Waals surface area contributed by atoms with Crippen molar-refractivity contribution in [3.8, 4) is 0 Å². The summed E-state index contributed by atoms with van der Waals surface area (Å²) in [6, 6.07) is 15.3. The zero-order valence-corrected chi connectivity index (χ0v) is 14.8. The molecule has 0 amide bonds. The van der Waals surface area contributed by atoms with E-state index in [0.717, 1.165) is 6.54 Å². The van der Waals surface area contributed by atoms with Gasteiger partial charge in [0.25, 0.3) is 0 Å². The second kappa shape index (κ2) is 5.44. The third-order valence-electron chi connectivity index (χ3n) is 3.76. The summed E-state index contributed by atoms with van der Waals surface area (Å²) in [4.78, 5) is 0. The van der Waals surface area contributed by atoms with Crippen molar-refractivity contribution in [1.29, 1.82) is 0 Å². The van der Waals surface area contributed by atoms with E-state index in [1.807, 2.05) is 6.20 Å². The third kappa shape index (κ3) is 3.12. The summed E-state index contributed by atoms with van der Waals surface area (Å²) in [5, 5.41) is 5.71. The fourth-order valence-electron chi connectivity index (χ4n) is 2.45. The molecule has 0 aliphatic rings. The van der Waals surface area contributed by atoms with Gasteiger partial charge < -0.3 is 0 Å². The Balaban J connectivity index is 1.90. The zero-order chi connectivity index (χ0) is 15.0. The van der Waals surface area contributed by atoms with Crippen molar-refractivity contribution in [3.05, 3.63) is 63.4 Å². The summed E-state index contributed by atoms with van der Waals surface area (Å²) in [7, 11) is 0. The van der Waals surface area contributed by atoms with Crippen molar-refractivity contribution in [2.45, 2.75) is 32.7 Å². The molecule has 1 heterocycles. The first-order valence-electron chi connectivity index (χ1n) is 7.14. The van der Waals surface area contributed by atoms with E-state index in [2.05, 4.69) is 95.6 Å². The number of aromatic nitrogens is 2. The Morgan fingerprint density at radius 3 is 2.43 bits per heavy atom. The molecule has 0 aliphatic carbocycles. The smallest absolute Gasteiger partial charge is 0.0696 e. The van der Waals surface area contributed by atoms with Crippen LogP contribution in [0.2, 0.25) is 0 Å². The van der Waals surface area contributed by atoms with Gasteiger partial charge in [-0.2, -0.15) is 5.10 Å². The van der Waals surface area contributed by atoms with Crippen LogP contribution in [0, 0.1) is 3.57 Å². The molecule has 3 rings (SSSR count). The van der Waals surface area contributed by atoms with Crippen molar-refractivity contribution in [1.82, 2.24) is 9.78 Å². The lowest BCUT2D eigenvalue weighted by molar-refractivity contribution is 0.589. The number of nitrogens with zero attached hydrogens (tertiary/aromatic N) is 2. The molecule has 3 aromatic rings. The zero-order valence-electron chi connectivity index (χ0n) is 12.6. The Hall–Kier alpha value is -1.36. The Labute approximate surface area is 139 Å². The number of fused-ring (bicyclic) bond motifs is 1. The number of hydrogen-bond donors (Lipinski definition) is 0. The van der Waals surface area contributed by atoms with E-state index in [-0.39, 0.29) is 5.41 Å². The molecule has 1 aromatic heterocycles. The quantitative estimate of drug-likeness (QED) is 0.564. The number of benzene rings is 2. The highest BCUT2D eigenvalue weighted by Gasteiger charge is 2.13. The van der Waals surface area contributed by atoms with E-state index >= 15 is 0 Å². The van der Waals surface area contributed by atoms with Crippen LogP contribution in [-0.4, -0.2) is 9.78 Å². The van der Waals surface area contributed by atoms with Gasteiger partial charge in [0.15, 0.2) is 0 Å². The number of hydrogen-bond acceptors (Lipinski definition) is 1. The molecule has 0 aliphatic heterocycles. The maximum atomic E-state index is 4.52. The Morgan fingerprint density at radius 2 is 1.76 bits per heavy atom. The van der Waals surface area contributed by atoms with Gasteiger partial charge in [-0.05, 0) is 51.3 Å². The van der Waals surface area contributed by atoms with Crippen molar-refractivity contribution in [3.63, 3.8) is 0 Å². The van der Waals surface area contributed by atoms with Crippen LogP contribution in [-0.2, 0) is 12.0 Å².